The molecule has 0 unspecified atom stereocenters. The Morgan fingerprint density at radius 1 is 1.16 bits per heavy atom. The summed E-state index contributed by atoms with van der Waals surface area (Å²) in [7, 11) is 0. The van der Waals surface area contributed by atoms with Crippen molar-refractivity contribution in [1.82, 2.24) is 14.9 Å². The molecule has 31 heavy (non-hydrogen) atoms. The topological polar surface area (TPSA) is 104 Å². The third-order valence-corrected chi connectivity index (χ3v) is 5.73. The van der Waals surface area contributed by atoms with Gasteiger partial charge in [-0.2, -0.15) is 18.2 Å². The number of fused-ring (bicyclic) bond motifs is 1. The number of anilines is 2. The number of nitrogens with zero attached hydrogens (tertiary/aromatic N) is 4. The Labute approximate surface area is 177 Å². The molecule has 2 amide bonds. The van der Waals surface area contributed by atoms with Crippen LogP contribution < -0.4 is 16.0 Å². The highest BCUT2D eigenvalue weighted by Crippen LogP contribution is 2.39. The highest BCUT2D eigenvalue weighted by molar-refractivity contribution is 7.18. The van der Waals surface area contributed by atoms with E-state index in [0.717, 1.165) is 23.2 Å². The summed E-state index contributed by atoms with van der Waals surface area (Å²) < 4.78 is 65.1. The summed E-state index contributed by atoms with van der Waals surface area (Å²) in [5.41, 5.74) is 5.27. The number of rotatable bonds is 5. The molecule has 2 aromatic rings. The second kappa shape index (κ2) is 8.49. The van der Waals surface area contributed by atoms with Gasteiger partial charge in [-0.3, -0.25) is 14.9 Å². The van der Waals surface area contributed by atoms with E-state index in [-0.39, 0.29) is 54.2 Å². The van der Waals surface area contributed by atoms with Gasteiger partial charge >= 0.3 is 6.18 Å². The van der Waals surface area contributed by atoms with Gasteiger partial charge in [-0.25, -0.2) is 13.8 Å². The average Bonchev–Trinajstić information content (AvgIpc) is 3.10. The van der Waals surface area contributed by atoms with Gasteiger partial charge in [-0.05, 0) is 6.07 Å². The van der Waals surface area contributed by atoms with Crippen LogP contribution in [0.4, 0.5) is 33.7 Å². The van der Waals surface area contributed by atoms with E-state index in [1.54, 1.807) is 4.90 Å². The largest absolute Gasteiger partial charge is 0.397 e. The molecule has 1 saturated heterocycles. The van der Waals surface area contributed by atoms with Crippen LogP contribution in [0.2, 0.25) is 0 Å². The van der Waals surface area contributed by atoms with Crippen molar-refractivity contribution in [3.8, 4) is 0 Å². The Kier molecular flexibility index (Phi) is 6.32. The van der Waals surface area contributed by atoms with E-state index in [1.807, 2.05) is 0 Å². The van der Waals surface area contributed by atoms with E-state index >= 15 is 0 Å². The van der Waals surface area contributed by atoms with Gasteiger partial charge < -0.3 is 15.5 Å². The molecule has 0 spiro atoms. The average molecular weight is 466 g/mol. The fraction of sp³-hybridized carbons (Fsp3) is 0.529. The first-order chi connectivity index (χ1) is 14.4. The minimum Gasteiger partial charge on any atom is -0.352 e. The molecule has 1 aliphatic heterocycles. The molecule has 0 atom stereocenters. The van der Waals surface area contributed by atoms with E-state index in [0.29, 0.717) is 5.39 Å². The third kappa shape index (κ3) is 5.55. The summed E-state index contributed by atoms with van der Waals surface area (Å²) in [5.74, 6) is -4.61. The molecule has 2 aromatic heterocycles. The van der Waals surface area contributed by atoms with Crippen LogP contribution >= 0.6 is 11.3 Å². The molecule has 0 radical (unpaired) electrons. The molecule has 3 N–H and O–H groups in total. The smallest absolute Gasteiger partial charge is 0.352 e. The molecule has 14 heteroatoms. The van der Waals surface area contributed by atoms with E-state index in [4.69, 9.17) is 5.73 Å². The molecule has 170 valence electrons. The number of halogens is 5. The Balaban J connectivity index is 1.89. The molecule has 3 heterocycles. The number of piperazine rings is 1. The predicted octanol–water partition coefficient (Wildman–Crippen LogP) is 2.30. The monoisotopic (exact) mass is 466 g/mol. The lowest BCUT2D eigenvalue weighted by atomic mass is 10.2. The normalized spacial score (nSPS) is 15.5. The number of alkyl halides is 5. The quantitative estimate of drug-likeness (QED) is 0.656. The SMILES string of the molecule is CC(F)(F)c1cc2c(N3CCN(C(=O)CC(F)(F)F)CC3)nc(NC(=O)CN)nc2s1. The molecule has 0 aliphatic carbocycles. The maximum absolute atomic E-state index is 13.8. The Morgan fingerprint density at radius 2 is 1.81 bits per heavy atom. The number of hydrogen-bond acceptors (Lipinski definition) is 7. The lowest BCUT2D eigenvalue weighted by Gasteiger charge is -2.35. The zero-order chi connectivity index (χ0) is 23.0. The van der Waals surface area contributed by atoms with Crippen molar-refractivity contribution in [1.29, 1.82) is 0 Å². The van der Waals surface area contributed by atoms with Crippen LogP contribution in [-0.4, -0.2) is 65.6 Å². The van der Waals surface area contributed by atoms with Gasteiger partial charge in [-0.1, -0.05) is 0 Å². The fourth-order valence-electron chi connectivity index (χ4n) is 3.05. The first kappa shape index (κ1) is 23.1. The molecule has 1 aliphatic rings. The minimum absolute atomic E-state index is 0.00579. The van der Waals surface area contributed by atoms with Crippen LogP contribution in [0.1, 0.15) is 18.2 Å². The summed E-state index contributed by atoms with van der Waals surface area (Å²) in [4.78, 5) is 34.5. The molecular weight excluding hydrogens is 447 g/mol. The first-order valence-corrected chi connectivity index (χ1v) is 9.98. The van der Waals surface area contributed by atoms with E-state index < -0.39 is 30.3 Å². The van der Waals surface area contributed by atoms with Gasteiger partial charge in [0.25, 0.3) is 5.92 Å². The molecule has 3 rings (SSSR count). The van der Waals surface area contributed by atoms with Crippen LogP contribution in [0.3, 0.4) is 0 Å². The zero-order valence-corrected chi connectivity index (χ0v) is 17.1. The van der Waals surface area contributed by atoms with Gasteiger partial charge in [0.05, 0.1) is 16.8 Å². The minimum atomic E-state index is -4.60. The maximum Gasteiger partial charge on any atom is 0.397 e. The van der Waals surface area contributed by atoms with E-state index in [1.165, 1.54) is 6.07 Å². The lowest BCUT2D eigenvalue weighted by Crippen LogP contribution is -2.49. The van der Waals surface area contributed by atoms with Crippen molar-refractivity contribution in [2.24, 2.45) is 5.73 Å². The van der Waals surface area contributed by atoms with Gasteiger partial charge in [0.2, 0.25) is 17.8 Å². The molecule has 0 aromatic carbocycles. The molecule has 8 nitrogen and oxygen atoms in total. The standard InChI is InChI=1S/C17H19F5N6O2S/c1-16(18,19)10-6-9-13(25-15(24-11(29)8-23)26-14(9)31-10)28-4-2-27(3-5-28)12(30)7-17(20,21)22/h6H,2-5,7-8,23H2,1H3,(H,24,25,26,29). The summed E-state index contributed by atoms with van der Waals surface area (Å²) in [6, 6.07) is 1.26. The predicted molar refractivity (Wildman–Crippen MR) is 104 cm³/mol. The second-order valence-corrected chi connectivity index (χ2v) is 8.03. The van der Waals surface area contributed by atoms with Gasteiger partial charge in [-0.15, -0.1) is 11.3 Å². The first-order valence-electron chi connectivity index (χ1n) is 9.16. The van der Waals surface area contributed by atoms with Crippen molar-refractivity contribution < 1.29 is 31.5 Å². The van der Waals surface area contributed by atoms with Crippen LogP contribution in [0.25, 0.3) is 10.2 Å². The maximum atomic E-state index is 13.8. The van der Waals surface area contributed by atoms with Gasteiger partial charge in [0, 0.05) is 33.1 Å². The van der Waals surface area contributed by atoms with Gasteiger partial charge in [0.1, 0.15) is 17.1 Å². The summed E-state index contributed by atoms with van der Waals surface area (Å²) in [6.45, 7) is 0.686. The summed E-state index contributed by atoms with van der Waals surface area (Å²) in [5, 5.41) is 2.70. The Bertz CT molecular complexity index is 982. The number of carbonyl (C=O) groups is 2. The number of amides is 2. The number of hydrogen-bond donors (Lipinski definition) is 2. The highest BCUT2D eigenvalue weighted by Gasteiger charge is 2.35. The molecule has 0 saturated carbocycles. The number of nitrogens with two attached hydrogens (primary N) is 1. The number of carbonyl (C=O) groups excluding carboxylic acids is 2. The second-order valence-electron chi connectivity index (χ2n) is 7.00. The molecule has 1 fully saturated rings. The van der Waals surface area contributed by atoms with Crippen LogP contribution in [-0.2, 0) is 15.5 Å². The number of nitrogens with one attached hydrogen (secondary N) is 1. The van der Waals surface area contributed by atoms with Crippen molar-refractivity contribution >= 4 is 45.1 Å². The van der Waals surface area contributed by atoms with E-state index in [9.17, 15) is 31.5 Å². The zero-order valence-electron chi connectivity index (χ0n) is 16.3. The third-order valence-electron chi connectivity index (χ3n) is 4.53. The van der Waals surface area contributed by atoms with Crippen LogP contribution in [0.5, 0.6) is 0 Å². The lowest BCUT2D eigenvalue weighted by molar-refractivity contribution is -0.161. The van der Waals surface area contributed by atoms with Crippen LogP contribution in [0, 0.1) is 0 Å². The van der Waals surface area contributed by atoms with Crippen molar-refractivity contribution in [3.05, 3.63) is 10.9 Å². The van der Waals surface area contributed by atoms with Crippen molar-refractivity contribution in [3.63, 3.8) is 0 Å². The highest BCUT2D eigenvalue weighted by atomic mass is 32.1. The van der Waals surface area contributed by atoms with Gasteiger partial charge in [0.15, 0.2) is 0 Å². The molecular formula is C17H19F5N6O2S. The Morgan fingerprint density at radius 3 is 2.35 bits per heavy atom. The number of aromatic nitrogens is 2. The molecule has 0 bridgehead atoms. The van der Waals surface area contributed by atoms with Crippen molar-refractivity contribution in [2.75, 3.05) is 42.9 Å². The summed E-state index contributed by atoms with van der Waals surface area (Å²) >= 11 is 0.743. The number of thiophene rings is 1. The van der Waals surface area contributed by atoms with Crippen molar-refractivity contribution in [2.45, 2.75) is 25.4 Å². The van der Waals surface area contributed by atoms with Crippen LogP contribution in [0.15, 0.2) is 6.07 Å². The fourth-order valence-corrected chi connectivity index (χ4v) is 4.00. The van der Waals surface area contributed by atoms with E-state index in [2.05, 4.69) is 15.3 Å². The Hall–Kier alpha value is -2.61. The summed E-state index contributed by atoms with van der Waals surface area (Å²) in [6.07, 6.45) is -6.14.